The van der Waals surface area contributed by atoms with Crippen LogP contribution in [-0.2, 0) is 11.3 Å². The summed E-state index contributed by atoms with van der Waals surface area (Å²) in [6.45, 7) is 0.268. The second kappa shape index (κ2) is 9.15. The second-order valence-electron chi connectivity index (χ2n) is 6.35. The molecule has 8 heteroatoms. The van der Waals surface area contributed by atoms with Gasteiger partial charge in [-0.25, -0.2) is 0 Å². The van der Waals surface area contributed by atoms with E-state index in [0.29, 0.717) is 15.8 Å². The molecule has 3 aromatic rings. The molecule has 4 rings (SSSR count). The molecule has 30 heavy (non-hydrogen) atoms. The van der Waals surface area contributed by atoms with E-state index >= 15 is 0 Å². The number of phenolic OH excluding ortho intramolecular Hbond substituents is 1. The molecule has 2 aromatic carbocycles. The van der Waals surface area contributed by atoms with Crippen molar-refractivity contribution in [1.82, 2.24) is 4.90 Å². The Morgan fingerprint density at radius 3 is 2.50 bits per heavy atom. The minimum Gasteiger partial charge on any atom is -0.508 e. The maximum absolute atomic E-state index is 13.0. The van der Waals surface area contributed by atoms with Gasteiger partial charge >= 0.3 is 0 Å². The van der Waals surface area contributed by atoms with Crippen molar-refractivity contribution in [3.8, 4) is 5.75 Å². The molecule has 0 saturated carbocycles. The predicted octanol–water partition coefficient (Wildman–Crippen LogP) is 5.25. The molecular formula is C22H16BrN3O3S. The summed E-state index contributed by atoms with van der Waals surface area (Å²) in [7, 11) is 0. The molecule has 1 aliphatic rings. The highest BCUT2D eigenvalue weighted by Crippen LogP contribution is 2.34. The molecule has 0 bridgehead atoms. The van der Waals surface area contributed by atoms with Crippen molar-refractivity contribution in [2.45, 2.75) is 6.54 Å². The van der Waals surface area contributed by atoms with Gasteiger partial charge in [-0.1, -0.05) is 28.1 Å². The van der Waals surface area contributed by atoms with Crippen molar-refractivity contribution in [2.24, 2.45) is 10.2 Å². The normalized spacial score (nSPS) is 17.0. The molecule has 0 unspecified atom stereocenters. The first kappa shape index (κ1) is 20.2. The number of carbonyl (C=O) groups excluding carboxylic acids is 1. The molecule has 1 aliphatic heterocycles. The van der Waals surface area contributed by atoms with Gasteiger partial charge in [0.25, 0.3) is 5.91 Å². The van der Waals surface area contributed by atoms with Crippen LogP contribution in [0.25, 0.3) is 6.08 Å². The van der Waals surface area contributed by atoms with Gasteiger partial charge in [0, 0.05) is 4.47 Å². The van der Waals surface area contributed by atoms with Gasteiger partial charge in [-0.15, -0.1) is 5.10 Å². The van der Waals surface area contributed by atoms with Crippen molar-refractivity contribution < 1.29 is 14.3 Å². The molecular weight excluding hydrogens is 466 g/mol. The van der Waals surface area contributed by atoms with Crippen molar-refractivity contribution in [2.75, 3.05) is 0 Å². The van der Waals surface area contributed by atoms with Crippen LogP contribution in [0.1, 0.15) is 16.9 Å². The number of hydrogen-bond donors (Lipinski definition) is 1. The van der Waals surface area contributed by atoms with Gasteiger partial charge in [-0.2, -0.15) is 5.10 Å². The Morgan fingerprint density at radius 1 is 1.07 bits per heavy atom. The van der Waals surface area contributed by atoms with Crippen LogP contribution in [0.2, 0.25) is 0 Å². The third-order valence-electron chi connectivity index (χ3n) is 4.19. The SMILES string of the molecule is O=C1/C(=C/c2ccc(Br)cc2)S/C(=N\N=C\c2ccc(O)cc2)N1Cc1ccco1. The Hall–Kier alpha value is -3.10. The van der Waals surface area contributed by atoms with E-state index in [9.17, 15) is 9.90 Å². The van der Waals surface area contributed by atoms with Crippen LogP contribution in [0.15, 0.2) is 90.9 Å². The standard InChI is InChI=1S/C22H16BrN3O3S/c23-17-7-3-15(4-8-17)12-20-21(28)26(14-19-2-1-11-29-19)22(30-20)25-24-13-16-5-9-18(27)10-6-16/h1-13,27H,14H2/b20-12-,24-13+,25-22-. The van der Waals surface area contributed by atoms with Crippen LogP contribution in [0.4, 0.5) is 0 Å². The Morgan fingerprint density at radius 2 is 1.80 bits per heavy atom. The van der Waals surface area contributed by atoms with E-state index in [-0.39, 0.29) is 18.2 Å². The monoisotopic (exact) mass is 481 g/mol. The fraction of sp³-hybridized carbons (Fsp3) is 0.0455. The molecule has 0 aliphatic carbocycles. The average Bonchev–Trinajstić information content (AvgIpc) is 3.35. The first-order chi connectivity index (χ1) is 14.6. The summed E-state index contributed by atoms with van der Waals surface area (Å²) in [5, 5.41) is 18.2. The number of furan rings is 1. The Labute approximate surface area is 185 Å². The van der Waals surface area contributed by atoms with Crippen molar-refractivity contribution >= 4 is 51.1 Å². The zero-order chi connectivity index (χ0) is 20.9. The topological polar surface area (TPSA) is 78.4 Å². The lowest BCUT2D eigenvalue weighted by molar-refractivity contribution is -0.122. The number of carbonyl (C=O) groups is 1. The number of phenols is 1. The third kappa shape index (κ3) is 4.90. The predicted molar refractivity (Wildman–Crippen MR) is 122 cm³/mol. The van der Waals surface area contributed by atoms with E-state index in [1.807, 2.05) is 36.4 Å². The number of amidine groups is 1. The van der Waals surface area contributed by atoms with Gasteiger partial charge in [0.1, 0.15) is 11.5 Å². The maximum Gasteiger partial charge on any atom is 0.267 e. The average molecular weight is 482 g/mol. The van der Waals surface area contributed by atoms with E-state index in [4.69, 9.17) is 4.42 Å². The second-order valence-corrected chi connectivity index (χ2v) is 8.28. The maximum atomic E-state index is 13.0. The minimum atomic E-state index is -0.155. The lowest BCUT2D eigenvalue weighted by atomic mass is 10.2. The van der Waals surface area contributed by atoms with Crippen LogP contribution in [0.5, 0.6) is 5.75 Å². The summed E-state index contributed by atoms with van der Waals surface area (Å²) in [5.41, 5.74) is 1.70. The molecule has 150 valence electrons. The Bertz CT molecular complexity index is 1120. The molecule has 6 nitrogen and oxygen atoms in total. The molecule has 0 atom stereocenters. The summed E-state index contributed by atoms with van der Waals surface area (Å²) in [6, 6.07) is 17.9. The fourth-order valence-corrected chi connectivity index (χ4v) is 3.90. The van der Waals surface area contributed by atoms with E-state index in [1.165, 1.54) is 11.8 Å². The highest BCUT2D eigenvalue weighted by Gasteiger charge is 2.34. The minimum absolute atomic E-state index is 0.155. The lowest BCUT2D eigenvalue weighted by Gasteiger charge is -2.12. The van der Waals surface area contributed by atoms with Gasteiger partial charge in [0.2, 0.25) is 0 Å². The fourth-order valence-electron chi connectivity index (χ4n) is 2.70. The lowest BCUT2D eigenvalue weighted by Crippen LogP contribution is -2.28. The van der Waals surface area contributed by atoms with Crippen LogP contribution in [-0.4, -0.2) is 27.3 Å². The smallest absolute Gasteiger partial charge is 0.267 e. The van der Waals surface area contributed by atoms with Crippen LogP contribution in [0, 0.1) is 0 Å². The third-order valence-corrected chi connectivity index (χ3v) is 5.72. The van der Waals surface area contributed by atoms with Gasteiger partial charge in [0.15, 0.2) is 5.17 Å². The summed E-state index contributed by atoms with van der Waals surface area (Å²) in [6.07, 6.45) is 4.97. The largest absolute Gasteiger partial charge is 0.508 e. The van der Waals surface area contributed by atoms with E-state index in [0.717, 1.165) is 15.6 Å². The van der Waals surface area contributed by atoms with Gasteiger partial charge in [-0.3, -0.25) is 9.69 Å². The number of amides is 1. The number of aromatic hydroxyl groups is 1. The summed E-state index contributed by atoms with van der Waals surface area (Å²) < 4.78 is 6.37. The number of thioether (sulfide) groups is 1. The van der Waals surface area contributed by atoms with E-state index < -0.39 is 0 Å². The molecule has 1 aromatic heterocycles. The van der Waals surface area contributed by atoms with Crippen molar-refractivity contribution in [3.05, 3.63) is 93.2 Å². The van der Waals surface area contributed by atoms with E-state index in [1.54, 1.807) is 47.7 Å². The van der Waals surface area contributed by atoms with Gasteiger partial charge in [0.05, 0.1) is 23.9 Å². The van der Waals surface area contributed by atoms with Gasteiger partial charge < -0.3 is 9.52 Å². The molecule has 0 spiro atoms. The molecule has 0 radical (unpaired) electrons. The molecule has 1 amide bonds. The van der Waals surface area contributed by atoms with E-state index in [2.05, 4.69) is 26.1 Å². The number of nitrogens with zero attached hydrogens (tertiary/aromatic N) is 3. The number of hydrogen-bond acceptors (Lipinski definition) is 6. The first-order valence-corrected chi connectivity index (χ1v) is 10.6. The molecule has 2 heterocycles. The van der Waals surface area contributed by atoms with Crippen LogP contribution < -0.4 is 0 Å². The summed E-state index contributed by atoms with van der Waals surface area (Å²) in [4.78, 5) is 15.1. The molecule has 1 saturated heterocycles. The highest BCUT2D eigenvalue weighted by atomic mass is 79.9. The summed E-state index contributed by atoms with van der Waals surface area (Å²) in [5.74, 6) is 0.685. The van der Waals surface area contributed by atoms with Crippen LogP contribution in [0.3, 0.4) is 0 Å². The molecule has 1 N–H and O–H groups in total. The quantitative estimate of drug-likeness (QED) is 0.306. The zero-order valence-electron chi connectivity index (χ0n) is 15.6. The number of benzene rings is 2. The summed E-state index contributed by atoms with van der Waals surface area (Å²) >= 11 is 4.68. The molecule has 1 fully saturated rings. The zero-order valence-corrected chi connectivity index (χ0v) is 18.0. The van der Waals surface area contributed by atoms with Crippen molar-refractivity contribution in [3.63, 3.8) is 0 Å². The van der Waals surface area contributed by atoms with Crippen LogP contribution >= 0.6 is 27.7 Å². The van der Waals surface area contributed by atoms with Crippen molar-refractivity contribution in [1.29, 1.82) is 0 Å². The number of rotatable bonds is 5. The first-order valence-electron chi connectivity index (χ1n) is 8.98. The Kier molecular flexibility index (Phi) is 6.15. The van der Waals surface area contributed by atoms with Gasteiger partial charge in [-0.05, 0) is 77.5 Å². The Balaban J connectivity index is 1.60. The number of halogens is 1. The highest BCUT2D eigenvalue weighted by molar-refractivity contribution is 9.10.